The van der Waals surface area contributed by atoms with Crippen molar-refractivity contribution < 1.29 is 9.59 Å². The molecule has 2 aliphatic carbocycles. The van der Waals surface area contributed by atoms with Crippen molar-refractivity contribution in [1.29, 1.82) is 0 Å². The van der Waals surface area contributed by atoms with Crippen molar-refractivity contribution in [3.05, 3.63) is 35.9 Å². The summed E-state index contributed by atoms with van der Waals surface area (Å²) in [6.07, 6.45) is 7.34. The molecule has 0 aromatic heterocycles. The molecule has 3 N–H and O–H groups in total. The highest BCUT2D eigenvalue weighted by molar-refractivity contribution is 5.95. The molecule has 4 rings (SSSR count). The Bertz CT molecular complexity index is 714. The van der Waals surface area contributed by atoms with E-state index in [9.17, 15) is 9.59 Å². The fourth-order valence-electron chi connectivity index (χ4n) is 5.71. The molecule has 1 aromatic carbocycles. The van der Waals surface area contributed by atoms with Crippen molar-refractivity contribution in [2.45, 2.75) is 64.0 Å². The maximum absolute atomic E-state index is 13.3. The summed E-state index contributed by atoms with van der Waals surface area (Å²) in [5, 5.41) is 3.42. The maximum Gasteiger partial charge on any atom is 0.253 e. The molecule has 1 aromatic rings. The third-order valence-electron chi connectivity index (χ3n) is 7.23. The van der Waals surface area contributed by atoms with Crippen LogP contribution in [0.5, 0.6) is 0 Å². The molecule has 3 fully saturated rings. The number of amides is 2. The molecule has 6 heteroatoms. The van der Waals surface area contributed by atoms with Crippen LogP contribution in [0.3, 0.4) is 0 Å². The van der Waals surface area contributed by atoms with E-state index in [1.807, 2.05) is 42.2 Å². The van der Waals surface area contributed by atoms with Crippen LogP contribution in [0.25, 0.3) is 0 Å². The van der Waals surface area contributed by atoms with Crippen LogP contribution >= 0.6 is 12.4 Å². The van der Waals surface area contributed by atoms with Crippen molar-refractivity contribution in [3.63, 3.8) is 0 Å². The van der Waals surface area contributed by atoms with E-state index in [-0.39, 0.29) is 36.3 Å². The molecule has 1 saturated heterocycles. The first-order valence-electron chi connectivity index (χ1n) is 10.9. The zero-order valence-electron chi connectivity index (χ0n) is 17.3. The number of nitrogens with zero attached hydrogens (tertiary/aromatic N) is 1. The van der Waals surface area contributed by atoms with Crippen molar-refractivity contribution in [2.24, 2.45) is 23.0 Å². The highest BCUT2D eigenvalue weighted by Gasteiger charge is 2.44. The van der Waals surface area contributed by atoms with E-state index >= 15 is 0 Å². The quantitative estimate of drug-likeness (QED) is 0.788. The lowest BCUT2D eigenvalue weighted by Gasteiger charge is -2.47. The van der Waals surface area contributed by atoms with E-state index in [1.54, 1.807) is 0 Å². The first-order chi connectivity index (χ1) is 13.5. The largest absolute Gasteiger partial charge is 0.352 e. The third-order valence-corrected chi connectivity index (χ3v) is 7.23. The average Bonchev–Trinajstić information content (AvgIpc) is 2.69. The van der Waals surface area contributed by atoms with Crippen LogP contribution < -0.4 is 11.1 Å². The lowest BCUT2D eigenvalue weighted by atomic mass is 9.66. The van der Waals surface area contributed by atoms with E-state index in [2.05, 4.69) is 5.32 Å². The van der Waals surface area contributed by atoms with Crippen molar-refractivity contribution in [3.8, 4) is 0 Å². The first kappa shape index (κ1) is 22.1. The highest BCUT2D eigenvalue weighted by Crippen LogP contribution is 2.40. The topological polar surface area (TPSA) is 75.4 Å². The monoisotopic (exact) mass is 419 g/mol. The SMILES string of the molecule is CC1(C(=O)NC2C3CCCC2CC(N)C3)CCCN(C(=O)c2ccccc2)C1.Cl. The maximum atomic E-state index is 13.3. The van der Waals surface area contributed by atoms with Gasteiger partial charge in [0, 0.05) is 30.7 Å². The number of likely N-dealkylation sites (tertiary alicyclic amines) is 1. The van der Waals surface area contributed by atoms with Crippen LogP contribution in [-0.4, -0.2) is 41.9 Å². The molecule has 160 valence electrons. The van der Waals surface area contributed by atoms with Gasteiger partial charge in [0.05, 0.1) is 5.41 Å². The van der Waals surface area contributed by atoms with Gasteiger partial charge in [0.1, 0.15) is 0 Å². The summed E-state index contributed by atoms with van der Waals surface area (Å²) in [6, 6.07) is 9.93. The Morgan fingerprint density at radius 1 is 1.10 bits per heavy atom. The Balaban J connectivity index is 0.00000240. The summed E-state index contributed by atoms with van der Waals surface area (Å²) in [7, 11) is 0. The second-order valence-electron chi connectivity index (χ2n) is 9.44. The molecule has 29 heavy (non-hydrogen) atoms. The molecule has 3 aliphatic rings. The predicted molar refractivity (Wildman–Crippen MR) is 117 cm³/mol. The molecule has 5 nitrogen and oxygen atoms in total. The van der Waals surface area contributed by atoms with Gasteiger partial charge in [0.15, 0.2) is 0 Å². The third kappa shape index (κ3) is 4.61. The molecule has 3 atom stereocenters. The molecule has 2 saturated carbocycles. The fourth-order valence-corrected chi connectivity index (χ4v) is 5.71. The smallest absolute Gasteiger partial charge is 0.253 e. The number of halogens is 1. The minimum Gasteiger partial charge on any atom is -0.352 e. The minimum absolute atomic E-state index is 0. The van der Waals surface area contributed by atoms with Crippen LogP contribution in [0, 0.1) is 17.3 Å². The number of nitrogens with one attached hydrogen (secondary N) is 1. The Morgan fingerprint density at radius 3 is 2.41 bits per heavy atom. The van der Waals surface area contributed by atoms with Gasteiger partial charge in [-0.25, -0.2) is 0 Å². The van der Waals surface area contributed by atoms with Crippen LogP contribution in [0.4, 0.5) is 0 Å². The van der Waals surface area contributed by atoms with Crippen molar-refractivity contribution in [2.75, 3.05) is 13.1 Å². The number of rotatable bonds is 3. The van der Waals surface area contributed by atoms with Crippen LogP contribution in [-0.2, 0) is 4.79 Å². The number of hydrogen-bond donors (Lipinski definition) is 2. The predicted octanol–water partition coefficient (Wildman–Crippen LogP) is 3.37. The number of benzene rings is 1. The number of carbonyl (C=O) groups excluding carboxylic acids is 2. The van der Waals surface area contributed by atoms with Gasteiger partial charge in [-0.3, -0.25) is 9.59 Å². The zero-order chi connectivity index (χ0) is 19.7. The van der Waals surface area contributed by atoms with E-state index in [4.69, 9.17) is 5.73 Å². The summed E-state index contributed by atoms with van der Waals surface area (Å²) in [6.45, 7) is 3.24. The van der Waals surface area contributed by atoms with Gasteiger partial charge in [-0.2, -0.15) is 0 Å². The Labute approximate surface area is 180 Å². The molecule has 0 spiro atoms. The summed E-state index contributed by atoms with van der Waals surface area (Å²) >= 11 is 0. The van der Waals surface area contributed by atoms with Gasteiger partial charge < -0.3 is 16.0 Å². The molecule has 2 bridgehead atoms. The molecule has 2 amide bonds. The fraction of sp³-hybridized carbons (Fsp3) is 0.652. The normalized spacial score (nSPS) is 34.1. The van der Waals surface area contributed by atoms with Crippen LogP contribution in [0.15, 0.2) is 30.3 Å². The molecule has 0 radical (unpaired) electrons. The molecular weight excluding hydrogens is 386 g/mol. The molecule has 3 unspecified atom stereocenters. The van der Waals surface area contributed by atoms with E-state index < -0.39 is 5.41 Å². The first-order valence-corrected chi connectivity index (χ1v) is 10.9. The van der Waals surface area contributed by atoms with Crippen LogP contribution in [0.2, 0.25) is 0 Å². The van der Waals surface area contributed by atoms with E-state index in [1.165, 1.54) is 19.3 Å². The van der Waals surface area contributed by atoms with Crippen LogP contribution in [0.1, 0.15) is 62.2 Å². The lowest BCUT2D eigenvalue weighted by Crippen LogP contribution is -2.59. The summed E-state index contributed by atoms with van der Waals surface area (Å²) in [5.74, 6) is 1.18. The summed E-state index contributed by atoms with van der Waals surface area (Å²) in [4.78, 5) is 28.1. The standard InChI is InChI=1S/C23H33N3O2.ClH/c1-23(11-6-12-26(15-23)21(27)16-7-3-2-4-8-16)22(28)25-20-17-9-5-10-18(20)14-19(24)13-17;/h2-4,7-8,17-20H,5-6,9-15,24H2,1H3,(H,25,28);1H. The van der Waals surface area contributed by atoms with Gasteiger partial charge in [-0.15, -0.1) is 12.4 Å². The number of hydrogen-bond acceptors (Lipinski definition) is 3. The summed E-state index contributed by atoms with van der Waals surface area (Å²) in [5.41, 5.74) is 6.42. The van der Waals surface area contributed by atoms with Crippen molar-refractivity contribution in [1.82, 2.24) is 10.2 Å². The molecule has 1 heterocycles. The number of fused-ring (bicyclic) bond motifs is 2. The number of piperidine rings is 1. The average molecular weight is 420 g/mol. The zero-order valence-corrected chi connectivity index (χ0v) is 18.1. The van der Waals surface area contributed by atoms with Gasteiger partial charge in [0.25, 0.3) is 5.91 Å². The second kappa shape index (κ2) is 9.05. The van der Waals surface area contributed by atoms with Gasteiger partial charge in [-0.1, -0.05) is 24.6 Å². The van der Waals surface area contributed by atoms with E-state index in [0.29, 0.717) is 23.9 Å². The number of carbonyl (C=O) groups is 2. The van der Waals surface area contributed by atoms with Crippen molar-refractivity contribution >= 4 is 24.2 Å². The Kier molecular flexibility index (Phi) is 6.90. The van der Waals surface area contributed by atoms with Gasteiger partial charge >= 0.3 is 0 Å². The second-order valence-corrected chi connectivity index (χ2v) is 9.44. The lowest BCUT2D eigenvalue weighted by molar-refractivity contribution is -0.135. The highest BCUT2D eigenvalue weighted by atomic mass is 35.5. The summed E-state index contributed by atoms with van der Waals surface area (Å²) < 4.78 is 0. The number of nitrogens with two attached hydrogens (primary N) is 1. The molecular formula is C23H34ClN3O2. The van der Waals surface area contributed by atoms with E-state index in [0.717, 1.165) is 32.2 Å². The Morgan fingerprint density at radius 2 is 1.76 bits per heavy atom. The van der Waals surface area contributed by atoms with Gasteiger partial charge in [-0.05, 0) is 69.4 Å². The minimum atomic E-state index is -0.517. The van der Waals surface area contributed by atoms with Gasteiger partial charge in [0.2, 0.25) is 5.91 Å². The molecule has 1 aliphatic heterocycles. The Hall–Kier alpha value is -1.59.